The van der Waals surface area contributed by atoms with Crippen molar-refractivity contribution in [2.45, 2.75) is 6.04 Å². The van der Waals surface area contributed by atoms with Crippen LogP contribution < -0.4 is 10.2 Å². The molecule has 32 heavy (non-hydrogen) atoms. The van der Waals surface area contributed by atoms with Crippen molar-refractivity contribution in [2.75, 3.05) is 46.5 Å². The Morgan fingerprint density at radius 1 is 1.06 bits per heavy atom. The quantitative estimate of drug-likeness (QED) is 0.536. The number of methoxy groups -OCH3 is 1. The summed E-state index contributed by atoms with van der Waals surface area (Å²) in [5.74, 6) is 0.424. The minimum Gasteiger partial charge on any atom is -0.497 e. The Morgan fingerprint density at radius 2 is 1.81 bits per heavy atom. The van der Waals surface area contributed by atoms with E-state index in [4.69, 9.17) is 13.9 Å². The lowest BCUT2D eigenvalue weighted by atomic mass is 9.98. The van der Waals surface area contributed by atoms with Crippen LogP contribution in [-0.4, -0.2) is 62.2 Å². The Hall–Kier alpha value is -2.68. The van der Waals surface area contributed by atoms with Gasteiger partial charge in [0.15, 0.2) is 5.43 Å². The van der Waals surface area contributed by atoms with Gasteiger partial charge < -0.3 is 18.8 Å². The number of halogens is 1. The molecule has 5 rings (SSSR count). The maximum absolute atomic E-state index is 13.6. The van der Waals surface area contributed by atoms with Crippen LogP contribution in [0.15, 0.2) is 56.1 Å². The van der Waals surface area contributed by atoms with Crippen LogP contribution in [-0.2, 0) is 4.74 Å². The van der Waals surface area contributed by atoms with E-state index in [9.17, 15) is 9.59 Å². The Kier molecular flexibility index (Phi) is 5.75. The number of rotatable bonds is 5. The van der Waals surface area contributed by atoms with Crippen molar-refractivity contribution in [1.29, 1.82) is 0 Å². The number of hydrogen-bond acceptors (Lipinski definition) is 6. The second-order valence-electron chi connectivity index (χ2n) is 7.94. The Morgan fingerprint density at radius 3 is 2.53 bits per heavy atom. The first-order valence-electron chi connectivity index (χ1n) is 10.6. The van der Waals surface area contributed by atoms with Gasteiger partial charge in [-0.25, -0.2) is 0 Å². The van der Waals surface area contributed by atoms with Gasteiger partial charge in [-0.05, 0) is 29.8 Å². The standard InChI is InChI=1S/C24H23BrN2O5/c1-30-17-6-7-18-19(14-17)32-23-20(22(18)28)21(15-2-4-16(25)5-3-15)27(24(23)29)9-8-26-10-12-31-13-11-26/h2-7,14,21H,8-13H2,1H3. The molecule has 0 radical (unpaired) electrons. The zero-order valence-electron chi connectivity index (χ0n) is 17.7. The Balaban J connectivity index is 1.60. The molecule has 1 saturated heterocycles. The van der Waals surface area contributed by atoms with E-state index in [1.165, 1.54) is 0 Å². The first-order valence-corrected chi connectivity index (χ1v) is 11.4. The van der Waals surface area contributed by atoms with E-state index in [2.05, 4.69) is 20.8 Å². The molecule has 2 aliphatic heterocycles. The highest BCUT2D eigenvalue weighted by Gasteiger charge is 2.42. The van der Waals surface area contributed by atoms with Gasteiger partial charge in [0, 0.05) is 36.7 Å². The normalized spacial score (nSPS) is 18.9. The maximum atomic E-state index is 13.6. The van der Waals surface area contributed by atoms with Gasteiger partial charge in [0.05, 0.1) is 37.3 Å². The van der Waals surface area contributed by atoms with Crippen molar-refractivity contribution in [3.8, 4) is 5.75 Å². The molecule has 1 amide bonds. The first kappa shape index (κ1) is 21.2. The molecule has 0 bridgehead atoms. The lowest BCUT2D eigenvalue weighted by Crippen LogP contribution is -2.42. The number of morpholine rings is 1. The zero-order chi connectivity index (χ0) is 22.2. The van der Waals surface area contributed by atoms with Crippen LogP contribution in [0.3, 0.4) is 0 Å². The molecule has 8 heteroatoms. The Labute approximate surface area is 193 Å². The molecular weight excluding hydrogens is 476 g/mol. The smallest absolute Gasteiger partial charge is 0.290 e. The maximum Gasteiger partial charge on any atom is 0.290 e. The third-order valence-electron chi connectivity index (χ3n) is 6.12. The van der Waals surface area contributed by atoms with Gasteiger partial charge in [0.1, 0.15) is 11.3 Å². The number of carbonyl (C=O) groups is 1. The number of amides is 1. The molecule has 3 heterocycles. The third-order valence-corrected chi connectivity index (χ3v) is 6.65. The van der Waals surface area contributed by atoms with Crippen molar-refractivity contribution >= 4 is 32.8 Å². The molecule has 7 nitrogen and oxygen atoms in total. The van der Waals surface area contributed by atoms with Crippen LogP contribution >= 0.6 is 15.9 Å². The lowest BCUT2D eigenvalue weighted by molar-refractivity contribution is 0.0314. The summed E-state index contributed by atoms with van der Waals surface area (Å²) < 4.78 is 17.6. The van der Waals surface area contributed by atoms with E-state index < -0.39 is 6.04 Å². The second kappa shape index (κ2) is 8.69. The number of nitrogens with zero attached hydrogens (tertiary/aromatic N) is 2. The summed E-state index contributed by atoms with van der Waals surface area (Å²) in [5.41, 5.74) is 1.45. The SMILES string of the molecule is COc1ccc2c(=O)c3c(oc2c1)C(=O)N(CCN1CCOCC1)C3c1ccc(Br)cc1. The van der Waals surface area contributed by atoms with E-state index in [1.54, 1.807) is 30.2 Å². The topological polar surface area (TPSA) is 72.2 Å². The highest BCUT2D eigenvalue weighted by molar-refractivity contribution is 9.10. The van der Waals surface area contributed by atoms with Crippen LogP contribution in [0.2, 0.25) is 0 Å². The molecule has 3 aromatic rings. The fourth-order valence-electron chi connectivity index (χ4n) is 4.42. The van der Waals surface area contributed by atoms with Crippen molar-refractivity contribution in [2.24, 2.45) is 0 Å². The summed E-state index contributed by atoms with van der Waals surface area (Å²) in [4.78, 5) is 31.1. The molecule has 1 fully saturated rings. The number of fused-ring (bicyclic) bond motifs is 2. The van der Waals surface area contributed by atoms with Gasteiger partial charge in [0.2, 0.25) is 5.76 Å². The average Bonchev–Trinajstić information content (AvgIpc) is 3.10. The Bertz CT molecular complexity index is 1220. The molecule has 0 saturated carbocycles. The van der Waals surface area contributed by atoms with E-state index in [0.29, 0.717) is 48.6 Å². The van der Waals surface area contributed by atoms with E-state index in [1.807, 2.05) is 24.3 Å². The molecule has 1 aromatic heterocycles. The minimum absolute atomic E-state index is 0.116. The molecular formula is C24H23BrN2O5. The highest BCUT2D eigenvalue weighted by Crippen LogP contribution is 2.38. The summed E-state index contributed by atoms with van der Waals surface area (Å²) in [7, 11) is 1.55. The van der Waals surface area contributed by atoms with Crippen LogP contribution in [0.4, 0.5) is 0 Å². The van der Waals surface area contributed by atoms with E-state index in [0.717, 1.165) is 23.1 Å². The fourth-order valence-corrected chi connectivity index (χ4v) is 4.69. The van der Waals surface area contributed by atoms with Crippen LogP contribution in [0.5, 0.6) is 5.75 Å². The molecule has 2 aliphatic rings. The number of hydrogen-bond donors (Lipinski definition) is 0. The van der Waals surface area contributed by atoms with Crippen molar-refractivity contribution in [3.05, 3.63) is 74.0 Å². The van der Waals surface area contributed by atoms with Crippen molar-refractivity contribution in [3.63, 3.8) is 0 Å². The highest BCUT2D eigenvalue weighted by atomic mass is 79.9. The van der Waals surface area contributed by atoms with Gasteiger partial charge in [-0.3, -0.25) is 14.5 Å². The molecule has 1 atom stereocenters. The van der Waals surface area contributed by atoms with E-state index >= 15 is 0 Å². The zero-order valence-corrected chi connectivity index (χ0v) is 19.3. The fraction of sp³-hybridized carbons (Fsp3) is 0.333. The van der Waals surface area contributed by atoms with Gasteiger partial charge in [0.25, 0.3) is 5.91 Å². The summed E-state index contributed by atoms with van der Waals surface area (Å²) in [6.45, 7) is 4.24. The van der Waals surface area contributed by atoms with Gasteiger partial charge in [-0.1, -0.05) is 28.1 Å². The number of ether oxygens (including phenoxy) is 2. The van der Waals surface area contributed by atoms with Crippen LogP contribution in [0, 0.1) is 0 Å². The van der Waals surface area contributed by atoms with Crippen LogP contribution in [0.25, 0.3) is 11.0 Å². The summed E-state index contributed by atoms with van der Waals surface area (Å²) in [6, 6.07) is 12.3. The number of carbonyl (C=O) groups excluding carboxylic acids is 1. The van der Waals surface area contributed by atoms with Crippen LogP contribution in [0.1, 0.15) is 27.7 Å². The molecule has 0 spiro atoms. The summed E-state index contributed by atoms with van der Waals surface area (Å²) in [6.07, 6.45) is 0. The predicted octanol–water partition coefficient (Wildman–Crippen LogP) is 3.44. The summed E-state index contributed by atoms with van der Waals surface area (Å²) in [5, 5.41) is 0.439. The third kappa shape index (κ3) is 3.72. The monoisotopic (exact) mass is 498 g/mol. The molecule has 2 aromatic carbocycles. The number of benzene rings is 2. The first-order chi connectivity index (χ1) is 15.6. The largest absolute Gasteiger partial charge is 0.497 e. The molecule has 0 aliphatic carbocycles. The average molecular weight is 499 g/mol. The van der Waals surface area contributed by atoms with E-state index in [-0.39, 0.29) is 17.1 Å². The van der Waals surface area contributed by atoms with Gasteiger partial charge >= 0.3 is 0 Å². The predicted molar refractivity (Wildman–Crippen MR) is 123 cm³/mol. The van der Waals surface area contributed by atoms with Crippen molar-refractivity contribution in [1.82, 2.24) is 9.80 Å². The van der Waals surface area contributed by atoms with Gasteiger partial charge in [-0.15, -0.1) is 0 Å². The molecule has 1 unspecified atom stereocenters. The molecule has 0 N–H and O–H groups in total. The van der Waals surface area contributed by atoms with Gasteiger partial charge in [-0.2, -0.15) is 0 Å². The second-order valence-corrected chi connectivity index (χ2v) is 8.86. The lowest BCUT2D eigenvalue weighted by Gasteiger charge is -2.31. The molecule has 166 valence electrons. The summed E-state index contributed by atoms with van der Waals surface area (Å²) >= 11 is 3.46. The minimum atomic E-state index is -0.491. The van der Waals surface area contributed by atoms with Crippen molar-refractivity contribution < 1.29 is 18.7 Å².